The molecule has 176 valence electrons. The predicted octanol–water partition coefficient (Wildman–Crippen LogP) is 3.16. The second kappa shape index (κ2) is 8.90. The fourth-order valence-corrected chi connectivity index (χ4v) is 5.37. The first-order valence-corrected chi connectivity index (χ1v) is 11.9. The van der Waals surface area contributed by atoms with Gasteiger partial charge in [0.2, 0.25) is 0 Å². The van der Waals surface area contributed by atoms with Crippen molar-refractivity contribution in [3.05, 3.63) is 57.3 Å². The lowest BCUT2D eigenvalue weighted by Crippen LogP contribution is -2.35. The van der Waals surface area contributed by atoms with Crippen LogP contribution in [0.1, 0.15) is 12.0 Å². The Labute approximate surface area is 195 Å². The molecule has 1 fully saturated rings. The summed E-state index contributed by atoms with van der Waals surface area (Å²) in [5, 5.41) is 3.16. The van der Waals surface area contributed by atoms with Crippen molar-refractivity contribution in [1.29, 1.82) is 0 Å². The molecule has 1 aliphatic heterocycles. The molecule has 2 aromatic carbocycles. The van der Waals surface area contributed by atoms with Crippen molar-refractivity contribution in [1.82, 2.24) is 13.9 Å². The lowest BCUT2D eigenvalue weighted by Gasteiger charge is -2.20. The summed E-state index contributed by atoms with van der Waals surface area (Å²) in [6.45, 7) is 2.23. The number of ether oxygens (including phenoxy) is 1. The van der Waals surface area contributed by atoms with Crippen molar-refractivity contribution in [3.8, 4) is 0 Å². The van der Waals surface area contributed by atoms with E-state index in [1.165, 1.54) is 28.4 Å². The summed E-state index contributed by atoms with van der Waals surface area (Å²) in [6.07, 6.45) is 1.83. The average molecular weight is 496 g/mol. The van der Waals surface area contributed by atoms with Gasteiger partial charge in [-0.05, 0) is 43.2 Å². The highest BCUT2D eigenvalue weighted by Gasteiger charge is 2.32. The van der Waals surface area contributed by atoms with Crippen LogP contribution in [-0.2, 0) is 22.0 Å². The van der Waals surface area contributed by atoms with Gasteiger partial charge in [0.1, 0.15) is 5.82 Å². The number of anilines is 3. The largest absolute Gasteiger partial charge is 0.380 e. The third-order valence-electron chi connectivity index (χ3n) is 5.72. The van der Waals surface area contributed by atoms with Crippen molar-refractivity contribution < 1.29 is 17.5 Å². The molecule has 0 bridgehead atoms. The summed E-state index contributed by atoms with van der Waals surface area (Å²) in [6, 6.07) is 5.68. The fraction of sp³-hybridized carbons (Fsp3) is 0.333. The zero-order valence-electron chi connectivity index (χ0n) is 18.2. The van der Waals surface area contributed by atoms with Gasteiger partial charge < -0.3 is 14.6 Å². The summed E-state index contributed by atoms with van der Waals surface area (Å²) >= 11 is 6.41. The normalized spacial score (nSPS) is 16.9. The number of fused-ring (bicyclic) bond motifs is 1. The van der Waals surface area contributed by atoms with E-state index in [0.717, 1.165) is 6.07 Å². The molecule has 0 spiro atoms. The van der Waals surface area contributed by atoms with E-state index < -0.39 is 16.0 Å². The molecular formula is C21H23ClFN5O4S. The third kappa shape index (κ3) is 4.41. The molecule has 0 radical (unpaired) electrons. The number of aryl methyl sites for hydroxylation is 2. The summed E-state index contributed by atoms with van der Waals surface area (Å²) in [4.78, 5) is 16.8. The first kappa shape index (κ1) is 23.4. The monoisotopic (exact) mass is 495 g/mol. The topological polar surface area (TPSA) is 106 Å². The number of hydrogen-bond donors (Lipinski definition) is 2. The summed E-state index contributed by atoms with van der Waals surface area (Å²) in [5.41, 5.74) is 1.18. The van der Waals surface area contributed by atoms with E-state index in [2.05, 4.69) is 15.0 Å². The van der Waals surface area contributed by atoms with Crippen LogP contribution < -0.4 is 15.6 Å². The van der Waals surface area contributed by atoms with Crippen LogP contribution >= 0.6 is 11.6 Å². The maximum atomic E-state index is 14.7. The van der Waals surface area contributed by atoms with Crippen molar-refractivity contribution >= 4 is 49.8 Å². The molecule has 4 rings (SSSR count). The van der Waals surface area contributed by atoms with Crippen LogP contribution in [0.5, 0.6) is 0 Å². The van der Waals surface area contributed by atoms with Crippen LogP contribution in [0, 0.1) is 12.7 Å². The van der Waals surface area contributed by atoms with Crippen LogP contribution in [0.3, 0.4) is 0 Å². The molecule has 0 unspecified atom stereocenters. The van der Waals surface area contributed by atoms with E-state index in [-0.39, 0.29) is 34.6 Å². The van der Waals surface area contributed by atoms with Gasteiger partial charge in [-0.15, -0.1) is 0 Å². The zero-order valence-corrected chi connectivity index (χ0v) is 19.8. The molecule has 0 aliphatic carbocycles. The van der Waals surface area contributed by atoms with Gasteiger partial charge in [0.05, 0.1) is 39.7 Å². The van der Waals surface area contributed by atoms with E-state index in [1.807, 2.05) is 0 Å². The second-order valence-electron chi connectivity index (χ2n) is 7.81. The molecule has 2 heterocycles. The Morgan fingerprint density at radius 2 is 1.97 bits per heavy atom. The minimum Gasteiger partial charge on any atom is -0.380 e. The van der Waals surface area contributed by atoms with Crippen LogP contribution in [0.15, 0.2) is 35.4 Å². The molecule has 0 saturated carbocycles. The third-order valence-corrected chi connectivity index (χ3v) is 7.60. The van der Waals surface area contributed by atoms with Crippen LogP contribution in [0.2, 0.25) is 5.02 Å². The Kier molecular flexibility index (Phi) is 6.32. The molecule has 1 atom stereocenters. The molecule has 2 N–H and O–H groups in total. The van der Waals surface area contributed by atoms with Gasteiger partial charge in [-0.3, -0.25) is 9.52 Å². The summed E-state index contributed by atoms with van der Waals surface area (Å²) < 4.78 is 50.5. The molecule has 1 aromatic heterocycles. The van der Waals surface area contributed by atoms with Crippen molar-refractivity contribution in [2.24, 2.45) is 7.05 Å². The highest BCUT2D eigenvalue weighted by Crippen LogP contribution is 2.37. The number of rotatable bonds is 6. The molecular weight excluding hydrogens is 473 g/mol. The van der Waals surface area contributed by atoms with E-state index in [1.54, 1.807) is 26.1 Å². The lowest BCUT2D eigenvalue weighted by molar-refractivity contribution is 0.115. The molecule has 0 amide bonds. The van der Waals surface area contributed by atoms with Gasteiger partial charge in [-0.1, -0.05) is 11.6 Å². The Morgan fingerprint density at radius 3 is 2.67 bits per heavy atom. The standard InChI is InChI=1S/C21H23ClFN5O4S/c1-12-15(6-7-16-18(12)21(29)27(2)11-24-16)25-20-14(23)4-5-17(19(20)22)26-33(30,31)28-9-8-13(10-28)32-3/h4-7,11,13,25-26H,8-10H2,1-3H3/t13-/m1/s1. The lowest BCUT2D eigenvalue weighted by atomic mass is 10.1. The highest BCUT2D eigenvalue weighted by atomic mass is 35.5. The minimum absolute atomic E-state index is 0.0254. The number of nitrogens with one attached hydrogen (secondary N) is 2. The number of hydrogen-bond acceptors (Lipinski definition) is 6. The molecule has 9 nitrogen and oxygen atoms in total. The Balaban J connectivity index is 1.68. The van der Waals surface area contributed by atoms with Gasteiger partial charge in [0, 0.05) is 32.9 Å². The fourth-order valence-electron chi connectivity index (χ4n) is 3.78. The minimum atomic E-state index is -3.91. The van der Waals surface area contributed by atoms with E-state index in [4.69, 9.17) is 16.3 Å². The Hall–Kier alpha value is -2.73. The van der Waals surface area contributed by atoms with Gasteiger partial charge >= 0.3 is 10.2 Å². The van der Waals surface area contributed by atoms with E-state index >= 15 is 0 Å². The van der Waals surface area contributed by atoms with Gasteiger partial charge in [-0.25, -0.2) is 9.37 Å². The Morgan fingerprint density at radius 1 is 1.24 bits per heavy atom. The van der Waals surface area contributed by atoms with Gasteiger partial charge in [-0.2, -0.15) is 12.7 Å². The SMILES string of the molecule is CO[C@@H]1CCN(S(=O)(=O)Nc2ccc(F)c(Nc3ccc4ncn(C)c(=O)c4c3C)c2Cl)C1. The first-order chi connectivity index (χ1) is 15.6. The number of methoxy groups -OCH3 is 1. The van der Waals surface area contributed by atoms with Crippen molar-refractivity contribution in [2.75, 3.05) is 30.2 Å². The van der Waals surface area contributed by atoms with Crippen LogP contribution in [0.25, 0.3) is 10.9 Å². The number of benzene rings is 2. The molecule has 33 heavy (non-hydrogen) atoms. The van der Waals surface area contributed by atoms with Crippen molar-refractivity contribution in [2.45, 2.75) is 19.4 Å². The summed E-state index contributed by atoms with van der Waals surface area (Å²) in [5.74, 6) is -0.679. The van der Waals surface area contributed by atoms with Crippen LogP contribution in [0.4, 0.5) is 21.5 Å². The zero-order chi connectivity index (χ0) is 23.9. The maximum Gasteiger partial charge on any atom is 0.301 e. The number of nitrogens with zero attached hydrogens (tertiary/aromatic N) is 3. The number of aromatic nitrogens is 2. The van der Waals surface area contributed by atoms with Crippen LogP contribution in [-0.4, -0.2) is 48.6 Å². The van der Waals surface area contributed by atoms with Crippen molar-refractivity contribution in [3.63, 3.8) is 0 Å². The average Bonchev–Trinajstić information content (AvgIpc) is 3.27. The van der Waals surface area contributed by atoms with E-state index in [9.17, 15) is 17.6 Å². The Bertz CT molecular complexity index is 1400. The molecule has 12 heteroatoms. The second-order valence-corrected chi connectivity index (χ2v) is 9.86. The summed E-state index contributed by atoms with van der Waals surface area (Å²) in [7, 11) is -0.788. The van der Waals surface area contributed by atoms with Gasteiger partial charge in [0.15, 0.2) is 0 Å². The predicted molar refractivity (Wildman–Crippen MR) is 126 cm³/mol. The molecule has 1 saturated heterocycles. The van der Waals surface area contributed by atoms with Gasteiger partial charge in [0.25, 0.3) is 5.56 Å². The quantitative estimate of drug-likeness (QED) is 0.544. The maximum absolute atomic E-state index is 14.7. The molecule has 3 aromatic rings. The highest BCUT2D eigenvalue weighted by molar-refractivity contribution is 7.90. The molecule has 1 aliphatic rings. The number of halogens is 2. The first-order valence-electron chi connectivity index (χ1n) is 10.1. The van der Waals surface area contributed by atoms with E-state index in [0.29, 0.717) is 35.1 Å². The smallest absolute Gasteiger partial charge is 0.301 e.